The summed E-state index contributed by atoms with van der Waals surface area (Å²) in [4.78, 5) is 12.6. The van der Waals surface area contributed by atoms with Gasteiger partial charge in [-0.2, -0.15) is 4.68 Å². The first-order chi connectivity index (χ1) is 12.1. The van der Waals surface area contributed by atoms with Gasteiger partial charge < -0.3 is 14.8 Å². The van der Waals surface area contributed by atoms with Crippen LogP contribution in [0.25, 0.3) is 0 Å². The van der Waals surface area contributed by atoms with Crippen molar-refractivity contribution < 1.29 is 14.3 Å². The first-order valence-electron chi connectivity index (χ1n) is 7.91. The lowest BCUT2D eigenvalue weighted by Gasteiger charge is -2.28. The molecule has 2 aromatic rings. The van der Waals surface area contributed by atoms with Gasteiger partial charge in [0.15, 0.2) is 0 Å². The number of hydrogen-bond donors (Lipinski definition) is 1. The highest BCUT2D eigenvalue weighted by Gasteiger charge is 2.36. The smallest absolute Gasteiger partial charge is 0.338 e. The summed E-state index contributed by atoms with van der Waals surface area (Å²) in [7, 11) is 0. The fourth-order valence-corrected chi connectivity index (χ4v) is 3.17. The number of esters is 1. The monoisotopic (exact) mass is 407 g/mol. The number of ether oxygens (including phenoxy) is 2. The molecule has 0 amide bonds. The minimum Gasteiger partial charge on any atom is -0.494 e. The number of benzene rings is 1. The van der Waals surface area contributed by atoms with Crippen molar-refractivity contribution in [3.8, 4) is 5.75 Å². The topological polar surface area (TPSA) is 91.2 Å². The summed E-state index contributed by atoms with van der Waals surface area (Å²) < 4.78 is 13.4. The molecule has 1 N–H and O–H groups in total. The number of hydrogen-bond acceptors (Lipinski definition) is 7. The zero-order valence-electron chi connectivity index (χ0n) is 14.1. The molecule has 0 fully saturated rings. The number of rotatable bonds is 5. The minimum absolute atomic E-state index is 0.279. The van der Waals surface area contributed by atoms with Crippen molar-refractivity contribution in [2.24, 2.45) is 0 Å². The van der Waals surface area contributed by atoms with Crippen LogP contribution in [-0.2, 0) is 9.53 Å². The van der Waals surface area contributed by atoms with E-state index in [9.17, 15) is 4.79 Å². The zero-order chi connectivity index (χ0) is 18.0. The molecule has 2 heterocycles. The Balaban J connectivity index is 2.20. The van der Waals surface area contributed by atoms with E-state index in [1.807, 2.05) is 25.1 Å². The van der Waals surface area contributed by atoms with Crippen LogP contribution in [0.5, 0.6) is 5.75 Å². The summed E-state index contributed by atoms with van der Waals surface area (Å²) in [5.74, 6) is 0.702. The summed E-state index contributed by atoms with van der Waals surface area (Å²) in [6.07, 6.45) is 0. The number of anilines is 1. The minimum atomic E-state index is -0.552. The Labute approximate surface area is 153 Å². The second kappa shape index (κ2) is 7.22. The third-order valence-electron chi connectivity index (χ3n) is 3.78. The van der Waals surface area contributed by atoms with Crippen LogP contribution in [0.15, 0.2) is 33.9 Å². The first-order valence-corrected chi connectivity index (χ1v) is 8.71. The van der Waals surface area contributed by atoms with Crippen molar-refractivity contribution in [3.05, 3.63) is 39.5 Å². The summed E-state index contributed by atoms with van der Waals surface area (Å²) >= 11 is 3.48. The van der Waals surface area contributed by atoms with Crippen LogP contribution in [-0.4, -0.2) is 39.4 Å². The highest BCUT2D eigenvalue weighted by Crippen LogP contribution is 2.40. The standard InChI is InChI=1S/C16H18BrN5O3/c1-4-24-12-7-6-10(17)8-11(12)14-13(15(23)25-5-2)9(3)18-16-19-20-21-22(14)16/h6-8,14H,4-5H2,1-3H3,(H,18,19,21)/t14-/m1/s1. The summed E-state index contributed by atoms with van der Waals surface area (Å²) in [6, 6.07) is 5.09. The van der Waals surface area contributed by atoms with E-state index < -0.39 is 12.0 Å². The number of nitrogens with one attached hydrogen (secondary N) is 1. The summed E-state index contributed by atoms with van der Waals surface area (Å²) in [6.45, 7) is 6.26. The van der Waals surface area contributed by atoms with E-state index in [2.05, 4.69) is 36.8 Å². The lowest BCUT2D eigenvalue weighted by atomic mass is 9.95. The molecule has 0 radical (unpaired) electrons. The molecule has 1 aliphatic heterocycles. The van der Waals surface area contributed by atoms with Crippen molar-refractivity contribution in [2.45, 2.75) is 26.8 Å². The summed E-state index contributed by atoms with van der Waals surface area (Å²) in [5.41, 5.74) is 1.86. The van der Waals surface area contributed by atoms with E-state index in [1.54, 1.807) is 18.5 Å². The molecule has 0 unspecified atom stereocenters. The molecule has 0 aliphatic carbocycles. The van der Waals surface area contributed by atoms with Gasteiger partial charge in [0.25, 0.3) is 0 Å². The number of aromatic nitrogens is 4. The molecule has 9 heteroatoms. The molecule has 0 bridgehead atoms. The Hall–Kier alpha value is -2.42. The second-order valence-corrected chi connectivity index (χ2v) is 6.26. The Kier molecular flexibility index (Phi) is 5.03. The lowest BCUT2D eigenvalue weighted by molar-refractivity contribution is -0.139. The van der Waals surface area contributed by atoms with Crippen molar-refractivity contribution in [1.82, 2.24) is 20.2 Å². The molecule has 1 atom stereocenters. The molecule has 3 rings (SSSR count). The van der Waals surface area contributed by atoms with Crippen LogP contribution in [0.3, 0.4) is 0 Å². The average Bonchev–Trinajstić information content (AvgIpc) is 3.03. The van der Waals surface area contributed by atoms with E-state index in [0.29, 0.717) is 29.6 Å². The van der Waals surface area contributed by atoms with Gasteiger partial charge in [0.2, 0.25) is 5.95 Å². The number of fused-ring (bicyclic) bond motifs is 1. The molecule has 1 aliphatic rings. The normalized spacial score (nSPS) is 16.2. The van der Waals surface area contributed by atoms with Gasteiger partial charge >= 0.3 is 5.97 Å². The lowest BCUT2D eigenvalue weighted by Crippen LogP contribution is -2.30. The molecule has 1 aromatic carbocycles. The molecular formula is C16H18BrN5O3. The fourth-order valence-electron chi connectivity index (χ4n) is 2.79. The van der Waals surface area contributed by atoms with Crippen LogP contribution in [0, 0.1) is 0 Å². The Morgan fingerprint density at radius 1 is 1.36 bits per heavy atom. The van der Waals surface area contributed by atoms with Gasteiger partial charge in [0.05, 0.1) is 18.8 Å². The van der Waals surface area contributed by atoms with Gasteiger partial charge in [-0.3, -0.25) is 0 Å². The molecule has 1 aromatic heterocycles. The van der Waals surface area contributed by atoms with Crippen molar-refractivity contribution in [1.29, 1.82) is 0 Å². The van der Waals surface area contributed by atoms with E-state index in [4.69, 9.17) is 9.47 Å². The SMILES string of the molecule is CCOC(=O)C1=C(C)Nc2nnnn2[C@@H]1c1cc(Br)ccc1OCC. The van der Waals surface area contributed by atoms with E-state index in [1.165, 1.54) is 0 Å². The van der Waals surface area contributed by atoms with Crippen LogP contribution in [0.2, 0.25) is 0 Å². The number of carbonyl (C=O) groups excluding carboxylic acids is 1. The van der Waals surface area contributed by atoms with Crippen molar-refractivity contribution >= 4 is 27.8 Å². The number of allylic oxidation sites excluding steroid dienone is 1. The number of carbonyl (C=O) groups is 1. The van der Waals surface area contributed by atoms with Crippen LogP contribution in [0.1, 0.15) is 32.4 Å². The Morgan fingerprint density at radius 2 is 2.16 bits per heavy atom. The van der Waals surface area contributed by atoms with Gasteiger partial charge in [-0.1, -0.05) is 21.0 Å². The Morgan fingerprint density at radius 3 is 2.88 bits per heavy atom. The fraction of sp³-hybridized carbons (Fsp3) is 0.375. The maximum absolute atomic E-state index is 12.6. The molecule has 0 saturated carbocycles. The zero-order valence-corrected chi connectivity index (χ0v) is 15.7. The van der Waals surface area contributed by atoms with Gasteiger partial charge in [-0.15, -0.1) is 0 Å². The van der Waals surface area contributed by atoms with Gasteiger partial charge in [0, 0.05) is 15.7 Å². The van der Waals surface area contributed by atoms with Crippen molar-refractivity contribution in [2.75, 3.05) is 18.5 Å². The van der Waals surface area contributed by atoms with Crippen LogP contribution in [0.4, 0.5) is 5.95 Å². The third kappa shape index (κ3) is 3.23. The number of halogens is 1. The molecule has 132 valence electrons. The van der Waals surface area contributed by atoms with Gasteiger partial charge in [-0.25, -0.2) is 4.79 Å². The maximum Gasteiger partial charge on any atom is 0.338 e. The number of tetrazole rings is 1. The summed E-state index contributed by atoms with van der Waals surface area (Å²) in [5, 5.41) is 14.8. The first kappa shape index (κ1) is 17.4. The average molecular weight is 408 g/mol. The highest BCUT2D eigenvalue weighted by molar-refractivity contribution is 9.10. The quantitative estimate of drug-likeness (QED) is 0.761. The van der Waals surface area contributed by atoms with E-state index in [-0.39, 0.29) is 6.61 Å². The second-order valence-electron chi connectivity index (χ2n) is 5.35. The molecule has 8 nitrogen and oxygen atoms in total. The predicted molar refractivity (Wildman–Crippen MR) is 94.2 cm³/mol. The largest absolute Gasteiger partial charge is 0.494 e. The number of nitrogens with zero attached hydrogens (tertiary/aromatic N) is 4. The van der Waals surface area contributed by atoms with Crippen LogP contribution >= 0.6 is 15.9 Å². The van der Waals surface area contributed by atoms with Gasteiger partial charge in [0.1, 0.15) is 11.8 Å². The molecule has 0 saturated heterocycles. The third-order valence-corrected chi connectivity index (χ3v) is 4.27. The van der Waals surface area contributed by atoms with E-state index in [0.717, 1.165) is 10.0 Å². The van der Waals surface area contributed by atoms with Crippen LogP contribution < -0.4 is 10.1 Å². The molecule has 25 heavy (non-hydrogen) atoms. The Bertz CT molecular complexity index is 833. The predicted octanol–water partition coefficient (Wildman–Crippen LogP) is 2.69. The van der Waals surface area contributed by atoms with E-state index >= 15 is 0 Å². The highest BCUT2D eigenvalue weighted by atomic mass is 79.9. The molecule has 0 spiro atoms. The molecular weight excluding hydrogens is 390 g/mol. The maximum atomic E-state index is 12.6. The van der Waals surface area contributed by atoms with Gasteiger partial charge in [-0.05, 0) is 49.4 Å². The van der Waals surface area contributed by atoms with Crippen molar-refractivity contribution in [3.63, 3.8) is 0 Å².